The number of benzene rings is 3. The second-order valence-corrected chi connectivity index (χ2v) is 8.53. The lowest BCUT2D eigenvalue weighted by molar-refractivity contribution is -0.384. The minimum Gasteiger partial charge on any atom is -0.493 e. The van der Waals surface area contributed by atoms with Gasteiger partial charge in [0.1, 0.15) is 5.75 Å². The van der Waals surface area contributed by atoms with E-state index in [9.17, 15) is 19.7 Å². The van der Waals surface area contributed by atoms with Crippen LogP contribution in [0, 0.1) is 10.1 Å². The van der Waals surface area contributed by atoms with Crippen molar-refractivity contribution in [1.82, 2.24) is 5.43 Å². The number of esters is 1. The Morgan fingerprint density at radius 2 is 1.83 bits per heavy atom. The van der Waals surface area contributed by atoms with Crippen molar-refractivity contribution in [3.63, 3.8) is 0 Å². The number of ether oxygens (including phenoxy) is 3. The van der Waals surface area contributed by atoms with Gasteiger partial charge in [-0.25, -0.2) is 10.2 Å². The van der Waals surface area contributed by atoms with Crippen molar-refractivity contribution in [3.05, 3.63) is 90.9 Å². The second kappa shape index (κ2) is 12.1. The van der Waals surface area contributed by atoms with Crippen LogP contribution in [0.3, 0.4) is 0 Å². The summed E-state index contributed by atoms with van der Waals surface area (Å²) in [6.45, 7) is -0.360. The average Bonchev–Trinajstić information content (AvgIpc) is 2.83. The molecule has 0 radical (unpaired) electrons. The number of nitrogens with zero attached hydrogens (tertiary/aromatic N) is 2. The van der Waals surface area contributed by atoms with Crippen LogP contribution in [0.15, 0.2) is 74.7 Å². The Hall–Kier alpha value is -3.77. The first kappa shape index (κ1) is 25.8. The van der Waals surface area contributed by atoms with E-state index in [1.54, 1.807) is 42.5 Å². The van der Waals surface area contributed by atoms with E-state index in [1.165, 1.54) is 31.5 Å². The Morgan fingerprint density at radius 3 is 2.51 bits per heavy atom. The highest BCUT2D eigenvalue weighted by molar-refractivity contribution is 9.10. The van der Waals surface area contributed by atoms with E-state index in [0.717, 1.165) is 4.47 Å². The summed E-state index contributed by atoms with van der Waals surface area (Å²) in [6, 6.07) is 15.5. The lowest BCUT2D eigenvalue weighted by Crippen LogP contribution is -2.24. The van der Waals surface area contributed by atoms with Crippen LogP contribution in [0.5, 0.6) is 17.2 Å². The van der Waals surface area contributed by atoms with Gasteiger partial charge < -0.3 is 14.2 Å². The van der Waals surface area contributed by atoms with Crippen LogP contribution in [0.4, 0.5) is 5.69 Å². The predicted molar refractivity (Wildman–Crippen MR) is 134 cm³/mol. The minimum atomic E-state index is -0.544. The maximum absolute atomic E-state index is 12.4. The second-order valence-electron chi connectivity index (χ2n) is 6.76. The Bertz CT molecular complexity index is 1300. The van der Waals surface area contributed by atoms with Gasteiger partial charge in [-0.3, -0.25) is 14.9 Å². The number of carbonyl (C=O) groups excluding carboxylic acids is 2. The van der Waals surface area contributed by atoms with Gasteiger partial charge in [0.25, 0.3) is 11.6 Å². The number of methoxy groups -OCH3 is 1. The number of nitro groups is 1. The molecule has 3 rings (SSSR count). The molecule has 1 amide bonds. The highest BCUT2D eigenvalue weighted by Gasteiger charge is 2.14. The number of hydrogen-bond donors (Lipinski definition) is 1. The zero-order chi connectivity index (χ0) is 25.4. The number of rotatable bonds is 9. The van der Waals surface area contributed by atoms with E-state index < -0.39 is 16.8 Å². The van der Waals surface area contributed by atoms with Gasteiger partial charge in [-0.1, -0.05) is 22.0 Å². The fourth-order valence-electron chi connectivity index (χ4n) is 2.70. The summed E-state index contributed by atoms with van der Waals surface area (Å²) in [5.41, 5.74) is 3.15. The molecule has 0 heterocycles. The first-order valence-electron chi connectivity index (χ1n) is 9.81. The van der Waals surface area contributed by atoms with Crippen LogP contribution in [0.25, 0.3) is 0 Å². The van der Waals surface area contributed by atoms with Crippen LogP contribution in [-0.2, 0) is 4.79 Å². The number of hydrazone groups is 1. The van der Waals surface area contributed by atoms with E-state index in [2.05, 4.69) is 42.4 Å². The number of nitrogens with one attached hydrogen (secondary N) is 1. The summed E-state index contributed by atoms with van der Waals surface area (Å²) < 4.78 is 17.2. The van der Waals surface area contributed by atoms with Crippen molar-refractivity contribution in [2.75, 3.05) is 13.7 Å². The molecule has 0 aliphatic heterocycles. The molecule has 0 aromatic heterocycles. The number of halogens is 2. The van der Waals surface area contributed by atoms with Gasteiger partial charge in [0.15, 0.2) is 18.1 Å². The molecule has 0 aliphatic rings. The van der Waals surface area contributed by atoms with Crippen molar-refractivity contribution < 1.29 is 28.7 Å². The summed E-state index contributed by atoms with van der Waals surface area (Å²) >= 11 is 6.47. The molecule has 12 heteroatoms. The summed E-state index contributed by atoms with van der Waals surface area (Å²) in [6.07, 6.45) is 1.38. The third-order valence-electron chi connectivity index (χ3n) is 4.34. The first-order chi connectivity index (χ1) is 16.8. The largest absolute Gasteiger partial charge is 0.493 e. The topological polar surface area (TPSA) is 129 Å². The van der Waals surface area contributed by atoms with Gasteiger partial charge in [0.05, 0.1) is 28.3 Å². The van der Waals surface area contributed by atoms with Crippen molar-refractivity contribution in [3.8, 4) is 17.2 Å². The van der Waals surface area contributed by atoms with Gasteiger partial charge in [-0.2, -0.15) is 5.10 Å². The molecule has 0 fully saturated rings. The Kier molecular flexibility index (Phi) is 8.92. The van der Waals surface area contributed by atoms with Crippen molar-refractivity contribution >= 4 is 55.6 Å². The molecule has 1 N–H and O–H groups in total. The molecule has 0 unspecified atom stereocenters. The van der Waals surface area contributed by atoms with Crippen LogP contribution in [0.1, 0.15) is 15.9 Å². The van der Waals surface area contributed by atoms with Gasteiger partial charge in [0, 0.05) is 16.6 Å². The molecular weight excluding hydrogens is 590 g/mol. The van der Waals surface area contributed by atoms with Gasteiger partial charge >= 0.3 is 5.97 Å². The molecule has 0 bridgehead atoms. The number of amides is 1. The van der Waals surface area contributed by atoms with Gasteiger partial charge in [-0.15, -0.1) is 0 Å². The Morgan fingerprint density at radius 1 is 1.06 bits per heavy atom. The highest BCUT2D eigenvalue weighted by atomic mass is 79.9. The molecule has 0 spiro atoms. The van der Waals surface area contributed by atoms with Crippen LogP contribution in [0.2, 0.25) is 0 Å². The van der Waals surface area contributed by atoms with Crippen LogP contribution >= 0.6 is 31.9 Å². The number of carbonyl (C=O) groups is 2. The molecular formula is C23H17Br2N3O7. The van der Waals surface area contributed by atoms with Crippen molar-refractivity contribution in [2.24, 2.45) is 5.10 Å². The first-order valence-corrected chi connectivity index (χ1v) is 11.4. The number of nitro benzene ring substituents is 1. The normalized spacial score (nSPS) is 10.6. The fraction of sp³-hybridized carbons (Fsp3) is 0.0870. The van der Waals surface area contributed by atoms with Crippen molar-refractivity contribution in [2.45, 2.75) is 0 Å². The quantitative estimate of drug-likeness (QED) is 0.121. The van der Waals surface area contributed by atoms with E-state index >= 15 is 0 Å². The van der Waals surface area contributed by atoms with E-state index in [0.29, 0.717) is 21.3 Å². The molecule has 35 heavy (non-hydrogen) atoms. The molecule has 3 aromatic carbocycles. The Labute approximate surface area is 216 Å². The lowest BCUT2D eigenvalue weighted by atomic mass is 10.2. The van der Waals surface area contributed by atoms with E-state index in [-0.39, 0.29) is 23.8 Å². The van der Waals surface area contributed by atoms with E-state index in [4.69, 9.17) is 14.2 Å². The monoisotopic (exact) mass is 605 g/mol. The minimum absolute atomic E-state index is 0.109. The Balaban J connectivity index is 1.56. The van der Waals surface area contributed by atoms with Crippen molar-refractivity contribution in [1.29, 1.82) is 0 Å². The highest BCUT2D eigenvalue weighted by Crippen LogP contribution is 2.30. The summed E-state index contributed by atoms with van der Waals surface area (Å²) in [7, 11) is 1.43. The molecule has 0 atom stereocenters. The average molecular weight is 607 g/mol. The molecule has 0 aliphatic carbocycles. The zero-order valence-electron chi connectivity index (χ0n) is 18.1. The summed E-state index contributed by atoms with van der Waals surface area (Å²) in [5, 5.41) is 14.6. The standard InChI is InChI=1S/C23H17Br2N3O7/c1-33-21-9-14(5-7-20(21)35-23(30)15-3-2-4-16(24)10-15)12-26-27-22(29)13-34-19-8-6-17(28(31)32)11-18(19)25/h2-12H,13H2,1H3,(H,27,29)/b26-12+. The molecule has 3 aromatic rings. The third kappa shape index (κ3) is 7.36. The molecule has 180 valence electrons. The van der Waals surface area contributed by atoms with Gasteiger partial charge in [-0.05, 0) is 64.0 Å². The fourth-order valence-corrected chi connectivity index (χ4v) is 3.58. The SMILES string of the molecule is COc1cc(/C=N/NC(=O)COc2ccc([N+](=O)[O-])cc2Br)ccc1OC(=O)c1cccc(Br)c1. The molecule has 10 nitrogen and oxygen atoms in total. The lowest BCUT2D eigenvalue weighted by Gasteiger charge is -2.10. The third-order valence-corrected chi connectivity index (χ3v) is 5.45. The zero-order valence-corrected chi connectivity index (χ0v) is 21.2. The predicted octanol–water partition coefficient (Wildman–Crippen LogP) is 4.88. The van der Waals surface area contributed by atoms with E-state index in [1.807, 2.05) is 0 Å². The number of non-ortho nitro benzene ring substituents is 1. The summed E-state index contributed by atoms with van der Waals surface area (Å²) in [4.78, 5) is 34.6. The maximum Gasteiger partial charge on any atom is 0.343 e. The maximum atomic E-state index is 12.4. The number of hydrogen-bond acceptors (Lipinski definition) is 8. The van der Waals surface area contributed by atoms with Gasteiger partial charge in [0.2, 0.25) is 0 Å². The molecule has 0 saturated heterocycles. The summed E-state index contributed by atoms with van der Waals surface area (Å²) in [5.74, 6) is -0.292. The van der Waals surface area contributed by atoms with Crippen LogP contribution in [-0.4, -0.2) is 36.7 Å². The van der Waals surface area contributed by atoms with Crippen LogP contribution < -0.4 is 19.6 Å². The smallest absolute Gasteiger partial charge is 0.343 e. The molecule has 0 saturated carbocycles.